The molecule has 17 heavy (non-hydrogen) atoms. The molecule has 0 radical (unpaired) electrons. The average Bonchev–Trinajstić information content (AvgIpc) is 2.32. The summed E-state index contributed by atoms with van der Waals surface area (Å²) >= 11 is 1.89. The van der Waals surface area contributed by atoms with Crippen LogP contribution in [0.1, 0.15) is 19.4 Å². The second-order valence-electron chi connectivity index (χ2n) is 4.30. The van der Waals surface area contributed by atoms with Crippen LogP contribution in [0.4, 0.5) is 5.82 Å². The molecular formula is C13H23N3S. The van der Waals surface area contributed by atoms with Gasteiger partial charge >= 0.3 is 0 Å². The van der Waals surface area contributed by atoms with Crippen molar-refractivity contribution in [3.05, 3.63) is 23.9 Å². The summed E-state index contributed by atoms with van der Waals surface area (Å²) in [6.45, 7) is 6.21. The second-order valence-corrected chi connectivity index (χ2v) is 5.21. The average molecular weight is 253 g/mol. The van der Waals surface area contributed by atoms with Crippen LogP contribution in [0.3, 0.4) is 0 Å². The molecule has 0 aromatic carbocycles. The molecule has 1 atom stereocenters. The van der Waals surface area contributed by atoms with Crippen molar-refractivity contribution >= 4 is 17.6 Å². The van der Waals surface area contributed by atoms with E-state index in [4.69, 9.17) is 0 Å². The first-order valence-corrected chi connectivity index (χ1v) is 7.44. The van der Waals surface area contributed by atoms with Crippen molar-refractivity contribution in [3.63, 3.8) is 0 Å². The van der Waals surface area contributed by atoms with Gasteiger partial charge in [-0.25, -0.2) is 4.98 Å². The van der Waals surface area contributed by atoms with Crippen LogP contribution < -0.4 is 5.32 Å². The lowest BCUT2D eigenvalue weighted by molar-refractivity contribution is 0.269. The van der Waals surface area contributed by atoms with Gasteiger partial charge in [-0.3, -0.25) is 4.90 Å². The van der Waals surface area contributed by atoms with Crippen molar-refractivity contribution in [2.24, 2.45) is 0 Å². The third-order valence-corrected chi connectivity index (χ3v) is 3.59. The summed E-state index contributed by atoms with van der Waals surface area (Å²) in [5.74, 6) is 2.12. The van der Waals surface area contributed by atoms with E-state index in [0.717, 1.165) is 18.9 Å². The van der Waals surface area contributed by atoms with Gasteiger partial charge in [0.05, 0.1) is 0 Å². The third-order valence-electron chi connectivity index (χ3n) is 2.77. The quantitative estimate of drug-likeness (QED) is 0.809. The summed E-state index contributed by atoms with van der Waals surface area (Å²) in [6.07, 6.45) is 4.11. The van der Waals surface area contributed by atoms with Gasteiger partial charge in [0.15, 0.2) is 0 Å². The number of nitrogens with one attached hydrogen (secondary N) is 1. The van der Waals surface area contributed by atoms with Crippen molar-refractivity contribution in [2.45, 2.75) is 26.4 Å². The Morgan fingerprint density at radius 3 is 2.76 bits per heavy atom. The first-order valence-electron chi connectivity index (χ1n) is 6.05. The van der Waals surface area contributed by atoms with Gasteiger partial charge in [0.1, 0.15) is 5.82 Å². The predicted molar refractivity (Wildman–Crippen MR) is 77.7 cm³/mol. The van der Waals surface area contributed by atoms with Gasteiger partial charge in [-0.05, 0) is 38.8 Å². The fraction of sp³-hybridized carbons (Fsp3) is 0.615. The van der Waals surface area contributed by atoms with E-state index in [2.05, 4.69) is 48.4 Å². The first kappa shape index (κ1) is 14.3. The minimum Gasteiger partial charge on any atom is -0.370 e. The smallest absolute Gasteiger partial charge is 0.125 e. The Kier molecular flexibility index (Phi) is 6.37. The number of pyridine rings is 1. The van der Waals surface area contributed by atoms with Gasteiger partial charge in [0, 0.05) is 31.1 Å². The minimum atomic E-state index is 0.596. The molecule has 1 N–H and O–H groups in total. The number of anilines is 1. The zero-order chi connectivity index (χ0) is 12.7. The third kappa shape index (κ3) is 4.96. The maximum Gasteiger partial charge on any atom is 0.125 e. The van der Waals surface area contributed by atoms with Crippen LogP contribution in [-0.2, 0) is 6.54 Å². The number of nitrogens with zero attached hydrogens (tertiary/aromatic N) is 2. The van der Waals surface area contributed by atoms with E-state index < -0.39 is 0 Å². The SMILES string of the molecule is CCNc1ccc(CN(C)C(C)CSC)cn1. The highest BCUT2D eigenvalue weighted by atomic mass is 32.2. The molecule has 1 rings (SSSR count). The highest BCUT2D eigenvalue weighted by molar-refractivity contribution is 7.98. The topological polar surface area (TPSA) is 28.2 Å². The zero-order valence-corrected chi connectivity index (χ0v) is 12.0. The fourth-order valence-electron chi connectivity index (χ4n) is 1.62. The normalized spacial score (nSPS) is 12.8. The Bertz CT molecular complexity index is 313. The van der Waals surface area contributed by atoms with Gasteiger partial charge in [0.2, 0.25) is 0 Å². The monoisotopic (exact) mass is 253 g/mol. The molecule has 0 saturated heterocycles. The van der Waals surface area contributed by atoms with Gasteiger partial charge in [0.25, 0.3) is 0 Å². The van der Waals surface area contributed by atoms with Gasteiger partial charge in [-0.15, -0.1) is 0 Å². The van der Waals surface area contributed by atoms with Gasteiger partial charge in [-0.2, -0.15) is 11.8 Å². The van der Waals surface area contributed by atoms with E-state index in [1.165, 1.54) is 11.3 Å². The molecule has 0 aliphatic carbocycles. The molecule has 0 bridgehead atoms. The standard InChI is InChI=1S/C13H23N3S/c1-5-14-13-7-6-12(8-15-13)9-16(3)11(2)10-17-4/h6-8,11H,5,9-10H2,1-4H3,(H,14,15). The van der Waals surface area contributed by atoms with Crippen LogP contribution in [0.25, 0.3) is 0 Å². The molecule has 0 spiro atoms. The summed E-state index contributed by atoms with van der Waals surface area (Å²) < 4.78 is 0. The first-order chi connectivity index (χ1) is 8.17. The summed E-state index contributed by atoms with van der Waals surface area (Å²) in [4.78, 5) is 6.75. The van der Waals surface area contributed by atoms with Crippen LogP contribution in [0, 0.1) is 0 Å². The molecule has 1 heterocycles. The van der Waals surface area contributed by atoms with E-state index in [9.17, 15) is 0 Å². The fourth-order valence-corrected chi connectivity index (χ4v) is 2.35. The minimum absolute atomic E-state index is 0.596. The van der Waals surface area contributed by atoms with E-state index in [1.807, 2.05) is 24.0 Å². The number of rotatable bonds is 7. The van der Waals surface area contributed by atoms with Crippen LogP contribution in [-0.4, -0.2) is 41.5 Å². The van der Waals surface area contributed by atoms with Crippen LogP contribution in [0.5, 0.6) is 0 Å². The Labute approximate surface area is 109 Å². The Morgan fingerprint density at radius 2 is 2.24 bits per heavy atom. The number of hydrogen-bond acceptors (Lipinski definition) is 4. The Balaban J connectivity index is 2.50. The van der Waals surface area contributed by atoms with Crippen LogP contribution in [0.15, 0.2) is 18.3 Å². The maximum atomic E-state index is 4.38. The van der Waals surface area contributed by atoms with Crippen molar-refractivity contribution in [1.29, 1.82) is 0 Å². The molecule has 1 unspecified atom stereocenters. The summed E-state index contributed by atoms with van der Waals surface area (Å²) in [5.41, 5.74) is 1.27. The largest absolute Gasteiger partial charge is 0.370 e. The second kappa shape index (κ2) is 7.56. The molecule has 1 aromatic rings. The molecule has 0 saturated carbocycles. The number of hydrogen-bond donors (Lipinski definition) is 1. The van der Waals surface area contributed by atoms with Crippen LogP contribution in [0.2, 0.25) is 0 Å². The molecule has 4 heteroatoms. The Hall–Kier alpha value is -0.740. The van der Waals surface area contributed by atoms with Crippen molar-refractivity contribution in [2.75, 3.05) is 30.9 Å². The lowest BCUT2D eigenvalue weighted by Crippen LogP contribution is -2.30. The molecule has 0 amide bonds. The molecule has 0 aliphatic heterocycles. The Morgan fingerprint density at radius 1 is 1.47 bits per heavy atom. The number of thioether (sulfide) groups is 1. The predicted octanol–water partition coefficient (Wildman–Crippen LogP) is 2.70. The lowest BCUT2D eigenvalue weighted by atomic mass is 10.2. The van der Waals surface area contributed by atoms with Crippen molar-refractivity contribution < 1.29 is 0 Å². The van der Waals surface area contributed by atoms with E-state index in [0.29, 0.717) is 6.04 Å². The number of aromatic nitrogens is 1. The molecule has 3 nitrogen and oxygen atoms in total. The molecule has 96 valence electrons. The van der Waals surface area contributed by atoms with E-state index in [-0.39, 0.29) is 0 Å². The summed E-state index contributed by atoms with van der Waals surface area (Å²) in [7, 11) is 2.17. The zero-order valence-electron chi connectivity index (χ0n) is 11.2. The maximum absolute atomic E-state index is 4.38. The van der Waals surface area contributed by atoms with Gasteiger partial charge < -0.3 is 5.32 Å². The summed E-state index contributed by atoms with van der Waals surface area (Å²) in [6, 6.07) is 4.79. The molecular weight excluding hydrogens is 230 g/mol. The van der Waals surface area contributed by atoms with Crippen molar-refractivity contribution in [3.8, 4) is 0 Å². The van der Waals surface area contributed by atoms with Crippen LogP contribution >= 0.6 is 11.8 Å². The van der Waals surface area contributed by atoms with E-state index in [1.54, 1.807) is 0 Å². The highest BCUT2D eigenvalue weighted by Crippen LogP contribution is 2.10. The molecule has 1 aromatic heterocycles. The van der Waals surface area contributed by atoms with E-state index >= 15 is 0 Å². The highest BCUT2D eigenvalue weighted by Gasteiger charge is 2.08. The molecule has 0 aliphatic rings. The molecule has 0 fully saturated rings. The van der Waals surface area contributed by atoms with Crippen molar-refractivity contribution in [1.82, 2.24) is 9.88 Å². The van der Waals surface area contributed by atoms with Gasteiger partial charge in [-0.1, -0.05) is 6.07 Å². The lowest BCUT2D eigenvalue weighted by Gasteiger charge is -2.23. The summed E-state index contributed by atoms with van der Waals surface area (Å²) in [5, 5.41) is 3.20.